The monoisotopic (exact) mass is 846 g/mol. The van der Waals surface area contributed by atoms with Gasteiger partial charge in [0.15, 0.2) is 0 Å². The van der Waals surface area contributed by atoms with Crippen LogP contribution in [-0.4, -0.2) is 74.4 Å². The number of hydrogen-bond acceptors (Lipinski definition) is 10. The zero-order chi connectivity index (χ0) is 38.8. The van der Waals surface area contributed by atoms with E-state index in [0.29, 0.717) is 57.3 Å². The normalized spacial score (nSPS) is 16.8. The Morgan fingerprint density at radius 3 is 1.68 bits per heavy atom. The second-order valence-electron chi connectivity index (χ2n) is 12.8. The molecule has 12 nitrogen and oxygen atoms in total. The lowest BCUT2D eigenvalue weighted by Crippen LogP contribution is -2.54. The van der Waals surface area contributed by atoms with E-state index in [4.69, 9.17) is 55.9 Å². The second-order valence-corrected chi connectivity index (χ2v) is 17.9. The Kier molecular flexibility index (Phi) is 12.9. The molecule has 0 spiro atoms. The van der Waals surface area contributed by atoms with E-state index in [9.17, 15) is 26.4 Å². The summed E-state index contributed by atoms with van der Waals surface area (Å²) in [5, 5.41) is 3.16. The minimum Gasteiger partial charge on any atom is -0.465 e. The summed E-state index contributed by atoms with van der Waals surface area (Å²) in [6.45, 7) is 3.79. The third kappa shape index (κ3) is 8.25. The maximum absolute atomic E-state index is 13.3. The molecule has 0 unspecified atom stereocenters. The fourth-order valence-corrected chi connectivity index (χ4v) is 10.6. The van der Waals surface area contributed by atoms with Crippen molar-refractivity contribution < 1.29 is 35.9 Å². The lowest BCUT2D eigenvalue weighted by molar-refractivity contribution is -0.154. The number of pyridine rings is 2. The van der Waals surface area contributed by atoms with Crippen LogP contribution in [0.25, 0.3) is 21.5 Å². The molecule has 2 aromatic carbocycles. The van der Waals surface area contributed by atoms with Crippen molar-refractivity contribution in [2.24, 2.45) is 0 Å². The summed E-state index contributed by atoms with van der Waals surface area (Å²) in [5.74, 6) is -1.04. The standard InChI is InChI=1S/C18H20Cl2N2O4S.C17H18Cl2N2O4S/c1-3-26-17(23)18(8-4-5-9-18)22(2)27(24,25)12-6-7-13-14(10-12)16(20)21-11-15(13)19;1-2-25-16(22)17(7-3-4-8-17)21-26(23,24)11-5-6-12-13(9-11)15(19)20-10-14(12)18/h6-7,10-11H,3-5,8-9H2,1-2H3;5-6,9-10,21H,2-4,7-8H2,1H3. The Hall–Kier alpha value is -2.82. The Balaban J connectivity index is 0.000000204. The first kappa shape index (κ1) is 41.3. The maximum Gasteiger partial charge on any atom is 0.327 e. The lowest BCUT2D eigenvalue weighted by atomic mass is 9.98. The number of nitrogens with zero attached hydrogens (tertiary/aromatic N) is 3. The minimum atomic E-state index is -3.97. The number of hydrogen-bond donors (Lipinski definition) is 1. The van der Waals surface area contributed by atoms with Gasteiger partial charge < -0.3 is 9.47 Å². The van der Waals surface area contributed by atoms with Gasteiger partial charge in [0, 0.05) is 41.0 Å². The van der Waals surface area contributed by atoms with Crippen LogP contribution in [0.1, 0.15) is 65.2 Å². The number of halogens is 4. The molecule has 0 radical (unpaired) electrons. The van der Waals surface area contributed by atoms with Crippen LogP contribution in [0, 0.1) is 0 Å². The van der Waals surface area contributed by atoms with E-state index in [0.717, 1.165) is 30.0 Å². The van der Waals surface area contributed by atoms with Gasteiger partial charge in [0.05, 0.1) is 33.0 Å². The van der Waals surface area contributed by atoms with E-state index < -0.39 is 43.1 Å². The Morgan fingerprint density at radius 2 is 1.17 bits per heavy atom. The number of benzene rings is 2. The van der Waals surface area contributed by atoms with Crippen LogP contribution >= 0.6 is 46.4 Å². The zero-order valence-corrected chi connectivity index (χ0v) is 33.8. The van der Waals surface area contributed by atoms with Crippen molar-refractivity contribution in [3.8, 4) is 0 Å². The van der Waals surface area contributed by atoms with Gasteiger partial charge in [0.1, 0.15) is 21.4 Å². The van der Waals surface area contributed by atoms with Crippen molar-refractivity contribution in [2.75, 3.05) is 20.3 Å². The lowest BCUT2D eigenvalue weighted by Gasteiger charge is -2.35. The predicted octanol–water partition coefficient (Wildman–Crippen LogP) is 7.73. The molecule has 0 aliphatic heterocycles. The quantitative estimate of drug-likeness (QED) is 0.124. The van der Waals surface area contributed by atoms with E-state index in [1.54, 1.807) is 26.0 Å². The molecule has 53 heavy (non-hydrogen) atoms. The molecular weight excluding hydrogens is 810 g/mol. The fourth-order valence-electron chi connectivity index (χ4n) is 6.81. The molecule has 0 saturated heterocycles. The Bertz CT molecular complexity index is 2260. The van der Waals surface area contributed by atoms with Gasteiger partial charge in [-0.25, -0.2) is 26.8 Å². The van der Waals surface area contributed by atoms with Gasteiger partial charge in [-0.15, -0.1) is 0 Å². The molecule has 2 heterocycles. The van der Waals surface area contributed by atoms with Crippen molar-refractivity contribution >= 4 is 99.9 Å². The summed E-state index contributed by atoms with van der Waals surface area (Å²) in [5.41, 5.74) is -2.40. The smallest absolute Gasteiger partial charge is 0.327 e. The molecule has 1 N–H and O–H groups in total. The Labute approximate surface area is 328 Å². The van der Waals surface area contributed by atoms with Crippen LogP contribution in [0.15, 0.2) is 58.6 Å². The summed E-state index contributed by atoms with van der Waals surface area (Å²) >= 11 is 24.4. The van der Waals surface area contributed by atoms with E-state index >= 15 is 0 Å². The van der Waals surface area contributed by atoms with E-state index in [2.05, 4.69) is 14.7 Å². The van der Waals surface area contributed by atoms with Gasteiger partial charge in [0.25, 0.3) is 0 Å². The molecule has 2 saturated carbocycles. The molecule has 2 aliphatic carbocycles. The first-order chi connectivity index (χ1) is 25.0. The molecule has 0 bridgehead atoms. The van der Waals surface area contributed by atoms with Gasteiger partial charge in [-0.05, 0) is 63.8 Å². The maximum atomic E-state index is 13.3. The number of ether oxygens (including phenoxy) is 2. The zero-order valence-electron chi connectivity index (χ0n) is 29.1. The molecule has 0 atom stereocenters. The van der Waals surface area contributed by atoms with Crippen LogP contribution < -0.4 is 4.72 Å². The molecule has 286 valence electrons. The van der Waals surface area contributed by atoms with Gasteiger partial charge in [-0.3, -0.25) is 9.59 Å². The van der Waals surface area contributed by atoms with Crippen LogP contribution in [0.2, 0.25) is 20.4 Å². The highest BCUT2D eigenvalue weighted by Gasteiger charge is 2.51. The van der Waals surface area contributed by atoms with E-state index in [1.807, 2.05) is 0 Å². The van der Waals surface area contributed by atoms with Crippen molar-refractivity contribution in [3.05, 3.63) is 69.1 Å². The van der Waals surface area contributed by atoms with Crippen molar-refractivity contribution in [2.45, 2.75) is 86.1 Å². The number of sulfonamides is 2. The summed E-state index contributed by atoms with van der Waals surface area (Å²) in [6.07, 6.45) is 7.55. The molecule has 6 rings (SSSR count). The summed E-state index contributed by atoms with van der Waals surface area (Å²) in [4.78, 5) is 32.9. The van der Waals surface area contributed by atoms with Gasteiger partial charge in [-0.2, -0.15) is 9.03 Å². The van der Waals surface area contributed by atoms with Crippen LogP contribution in [-0.2, 0) is 39.1 Å². The van der Waals surface area contributed by atoms with Crippen molar-refractivity contribution in [3.63, 3.8) is 0 Å². The number of rotatable bonds is 10. The first-order valence-electron chi connectivity index (χ1n) is 16.9. The molecule has 2 aliphatic rings. The number of carbonyl (C=O) groups excluding carboxylic acids is 2. The third-order valence-electron chi connectivity index (χ3n) is 9.63. The third-order valence-corrected chi connectivity index (χ3v) is 14.3. The average Bonchev–Trinajstić information content (AvgIpc) is 3.83. The summed E-state index contributed by atoms with van der Waals surface area (Å²) in [6, 6.07) is 8.91. The van der Waals surface area contributed by atoms with E-state index in [1.165, 1.54) is 43.7 Å². The molecule has 2 aromatic heterocycles. The molecule has 2 fully saturated rings. The second kappa shape index (κ2) is 16.5. The van der Waals surface area contributed by atoms with E-state index in [-0.39, 0.29) is 33.3 Å². The van der Waals surface area contributed by atoms with Gasteiger partial charge in [0.2, 0.25) is 20.0 Å². The predicted molar refractivity (Wildman–Crippen MR) is 204 cm³/mol. The number of esters is 2. The van der Waals surface area contributed by atoms with Crippen molar-refractivity contribution in [1.82, 2.24) is 19.0 Å². The number of nitrogens with one attached hydrogen (secondary N) is 1. The number of likely N-dealkylation sites (N-methyl/N-ethyl adjacent to an activating group) is 1. The van der Waals surface area contributed by atoms with Crippen LogP contribution in [0.3, 0.4) is 0 Å². The molecular formula is C35H38Cl4N4O8S2. The first-order valence-corrected chi connectivity index (χ1v) is 21.3. The highest BCUT2D eigenvalue weighted by Crippen LogP contribution is 2.40. The topological polar surface area (TPSA) is 162 Å². The largest absolute Gasteiger partial charge is 0.465 e. The average molecular weight is 849 g/mol. The fraction of sp³-hybridized carbons (Fsp3) is 0.429. The highest BCUT2D eigenvalue weighted by molar-refractivity contribution is 7.89. The number of carbonyl (C=O) groups is 2. The molecule has 18 heteroatoms. The van der Waals surface area contributed by atoms with Crippen LogP contribution in [0.5, 0.6) is 0 Å². The Morgan fingerprint density at radius 1 is 0.717 bits per heavy atom. The SMILES string of the molecule is CCOC(=O)C1(N(C)S(=O)(=O)c2ccc3c(Cl)cnc(Cl)c3c2)CCCC1.CCOC(=O)C1(NS(=O)(=O)c2ccc3c(Cl)cnc(Cl)c3c2)CCCC1. The number of aromatic nitrogens is 2. The minimum absolute atomic E-state index is 0.00783. The molecule has 0 amide bonds. The molecule has 4 aromatic rings. The van der Waals surface area contributed by atoms with Crippen molar-refractivity contribution in [1.29, 1.82) is 0 Å². The van der Waals surface area contributed by atoms with Gasteiger partial charge >= 0.3 is 11.9 Å². The van der Waals surface area contributed by atoms with Gasteiger partial charge in [-0.1, -0.05) is 84.2 Å². The highest BCUT2D eigenvalue weighted by atomic mass is 35.5. The summed E-state index contributed by atoms with van der Waals surface area (Å²) in [7, 11) is -6.50. The summed E-state index contributed by atoms with van der Waals surface area (Å²) < 4.78 is 66.5. The number of fused-ring (bicyclic) bond motifs is 2. The van der Waals surface area contributed by atoms with Crippen LogP contribution in [0.4, 0.5) is 0 Å².